The molecule has 0 aliphatic rings. The molecule has 0 amide bonds. The molecule has 0 bridgehead atoms. The molecule has 2 aromatic rings. The Kier molecular flexibility index (Phi) is 6.84. The van der Waals surface area contributed by atoms with Crippen molar-refractivity contribution in [3.05, 3.63) is 55.2 Å². The minimum absolute atomic E-state index is 0.372. The average Bonchev–Trinajstić information content (AvgIpc) is 2.85. The molecule has 1 heterocycles. The van der Waals surface area contributed by atoms with Crippen molar-refractivity contribution < 1.29 is 0 Å². The number of nitrogens with one attached hydrogen (secondary N) is 1. The van der Waals surface area contributed by atoms with Gasteiger partial charge in [0.25, 0.3) is 0 Å². The summed E-state index contributed by atoms with van der Waals surface area (Å²) in [6.07, 6.45) is 3.01. The van der Waals surface area contributed by atoms with Gasteiger partial charge >= 0.3 is 0 Å². The lowest BCUT2D eigenvalue weighted by Gasteiger charge is -2.18. The molecule has 1 atom stereocenters. The van der Waals surface area contributed by atoms with Crippen LogP contribution in [0.25, 0.3) is 0 Å². The molecule has 0 spiro atoms. The summed E-state index contributed by atoms with van der Waals surface area (Å²) in [5.74, 6) is 0. The van der Waals surface area contributed by atoms with E-state index in [1.54, 1.807) is 11.3 Å². The number of halogens is 3. The molecule has 114 valence electrons. The third kappa shape index (κ3) is 5.46. The zero-order valence-electron chi connectivity index (χ0n) is 11.8. The summed E-state index contributed by atoms with van der Waals surface area (Å²) in [7, 11) is 0. The predicted molar refractivity (Wildman–Crippen MR) is 95.3 cm³/mol. The van der Waals surface area contributed by atoms with Crippen molar-refractivity contribution in [3.63, 3.8) is 0 Å². The summed E-state index contributed by atoms with van der Waals surface area (Å²) in [6.45, 7) is 3.18. The molecule has 1 N–H and O–H groups in total. The molecule has 1 aromatic heterocycles. The number of thiophene rings is 1. The van der Waals surface area contributed by atoms with Crippen LogP contribution < -0.4 is 5.32 Å². The Morgan fingerprint density at radius 2 is 1.86 bits per heavy atom. The van der Waals surface area contributed by atoms with E-state index in [9.17, 15) is 0 Å². The van der Waals surface area contributed by atoms with E-state index in [4.69, 9.17) is 34.8 Å². The van der Waals surface area contributed by atoms with Gasteiger partial charge in [-0.3, -0.25) is 0 Å². The highest BCUT2D eigenvalue weighted by Gasteiger charge is 2.12. The number of hydrogen-bond acceptors (Lipinski definition) is 2. The van der Waals surface area contributed by atoms with Crippen molar-refractivity contribution in [1.29, 1.82) is 0 Å². The Balaban J connectivity index is 2.06. The molecule has 2 rings (SSSR count). The summed E-state index contributed by atoms with van der Waals surface area (Å²) in [4.78, 5) is 1.30. The molecular formula is C16H18Cl3NS. The van der Waals surface area contributed by atoms with Crippen LogP contribution in [0.15, 0.2) is 30.3 Å². The standard InChI is InChI=1S/C16H18Cl3NS/c1-2-7-20-12(10-13-4-6-16(19)21-13)8-11-3-5-14(17)15(18)9-11/h3-6,9,12,20H,2,7-8,10H2,1H3. The van der Waals surface area contributed by atoms with Crippen LogP contribution in [0.4, 0.5) is 0 Å². The molecule has 1 aromatic carbocycles. The van der Waals surface area contributed by atoms with Gasteiger partial charge in [0.1, 0.15) is 0 Å². The number of hydrogen-bond donors (Lipinski definition) is 1. The third-order valence-corrected chi connectivity index (χ3v) is 5.22. The Bertz CT molecular complexity index is 583. The lowest BCUT2D eigenvalue weighted by molar-refractivity contribution is 0.507. The Morgan fingerprint density at radius 3 is 2.48 bits per heavy atom. The molecule has 0 aliphatic carbocycles. The van der Waals surface area contributed by atoms with Crippen molar-refractivity contribution in [2.75, 3.05) is 6.54 Å². The van der Waals surface area contributed by atoms with Gasteiger partial charge < -0.3 is 5.32 Å². The van der Waals surface area contributed by atoms with Crippen molar-refractivity contribution in [3.8, 4) is 0 Å². The van der Waals surface area contributed by atoms with E-state index in [0.29, 0.717) is 16.1 Å². The molecule has 1 nitrogen and oxygen atoms in total. The minimum atomic E-state index is 0.372. The average molecular weight is 363 g/mol. The van der Waals surface area contributed by atoms with Gasteiger partial charge in [-0.2, -0.15) is 0 Å². The van der Waals surface area contributed by atoms with Gasteiger partial charge in [0, 0.05) is 10.9 Å². The van der Waals surface area contributed by atoms with E-state index in [1.165, 1.54) is 10.4 Å². The predicted octanol–water partition coefficient (Wildman–Crippen LogP) is 5.86. The van der Waals surface area contributed by atoms with E-state index in [2.05, 4.69) is 18.3 Å². The topological polar surface area (TPSA) is 12.0 Å². The zero-order chi connectivity index (χ0) is 15.2. The smallest absolute Gasteiger partial charge is 0.0931 e. The van der Waals surface area contributed by atoms with E-state index >= 15 is 0 Å². The fraction of sp³-hybridized carbons (Fsp3) is 0.375. The molecule has 0 fully saturated rings. The zero-order valence-corrected chi connectivity index (χ0v) is 14.9. The highest BCUT2D eigenvalue weighted by Crippen LogP contribution is 2.25. The maximum absolute atomic E-state index is 6.10. The maximum Gasteiger partial charge on any atom is 0.0931 e. The highest BCUT2D eigenvalue weighted by molar-refractivity contribution is 7.16. The van der Waals surface area contributed by atoms with Gasteiger partial charge in [0.2, 0.25) is 0 Å². The molecule has 0 aliphatic heterocycles. The summed E-state index contributed by atoms with van der Waals surface area (Å²) in [5, 5.41) is 4.81. The number of rotatable bonds is 7. The summed E-state index contributed by atoms with van der Waals surface area (Å²) in [5.41, 5.74) is 1.20. The molecule has 0 saturated carbocycles. The molecule has 0 saturated heterocycles. The Hall–Kier alpha value is -0.250. The van der Waals surface area contributed by atoms with Gasteiger partial charge in [0.15, 0.2) is 0 Å². The minimum Gasteiger partial charge on any atom is -0.313 e. The van der Waals surface area contributed by atoms with Crippen LogP contribution in [0.1, 0.15) is 23.8 Å². The van der Waals surface area contributed by atoms with Crippen LogP contribution in [0.5, 0.6) is 0 Å². The van der Waals surface area contributed by atoms with Crippen LogP contribution in [-0.2, 0) is 12.8 Å². The fourth-order valence-electron chi connectivity index (χ4n) is 2.22. The maximum atomic E-state index is 6.10. The quantitative estimate of drug-likeness (QED) is 0.650. The second kappa shape index (κ2) is 8.40. The molecule has 5 heteroatoms. The van der Waals surface area contributed by atoms with E-state index in [-0.39, 0.29) is 0 Å². The first-order valence-corrected chi connectivity index (χ1v) is 8.95. The molecular weight excluding hydrogens is 345 g/mol. The monoisotopic (exact) mass is 361 g/mol. The van der Waals surface area contributed by atoms with E-state index < -0.39 is 0 Å². The van der Waals surface area contributed by atoms with Crippen LogP contribution >= 0.6 is 46.1 Å². The first-order valence-electron chi connectivity index (χ1n) is 7.00. The van der Waals surface area contributed by atoms with Crippen LogP contribution in [0.2, 0.25) is 14.4 Å². The van der Waals surface area contributed by atoms with Crippen molar-refractivity contribution in [1.82, 2.24) is 5.32 Å². The first-order chi connectivity index (χ1) is 10.1. The van der Waals surface area contributed by atoms with Crippen molar-refractivity contribution >= 4 is 46.1 Å². The normalized spacial score (nSPS) is 12.6. The highest BCUT2D eigenvalue weighted by atomic mass is 35.5. The summed E-state index contributed by atoms with van der Waals surface area (Å²) in [6, 6.07) is 10.3. The lowest BCUT2D eigenvalue weighted by Crippen LogP contribution is -2.33. The van der Waals surface area contributed by atoms with Gasteiger partial charge in [-0.1, -0.05) is 47.8 Å². The Morgan fingerprint density at radius 1 is 1.05 bits per heavy atom. The molecule has 21 heavy (non-hydrogen) atoms. The summed E-state index contributed by atoms with van der Waals surface area (Å²) >= 11 is 19.7. The second-order valence-electron chi connectivity index (χ2n) is 5.01. The van der Waals surface area contributed by atoms with Crippen molar-refractivity contribution in [2.24, 2.45) is 0 Å². The third-order valence-electron chi connectivity index (χ3n) is 3.23. The Labute approximate surface area is 145 Å². The van der Waals surface area contributed by atoms with Gasteiger partial charge in [-0.25, -0.2) is 0 Å². The van der Waals surface area contributed by atoms with Crippen LogP contribution in [0, 0.1) is 0 Å². The summed E-state index contributed by atoms with van der Waals surface area (Å²) < 4.78 is 0.841. The molecule has 0 radical (unpaired) electrons. The van der Waals surface area contributed by atoms with E-state index in [1.807, 2.05) is 24.3 Å². The van der Waals surface area contributed by atoms with Gasteiger partial charge in [0.05, 0.1) is 14.4 Å². The van der Waals surface area contributed by atoms with Crippen molar-refractivity contribution in [2.45, 2.75) is 32.2 Å². The second-order valence-corrected chi connectivity index (χ2v) is 7.63. The first kappa shape index (κ1) is 17.1. The van der Waals surface area contributed by atoms with Gasteiger partial charge in [-0.15, -0.1) is 11.3 Å². The molecule has 1 unspecified atom stereocenters. The van der Waals surface area contributed by atoms with Gasteiger partial charge in [-0.05, 0) is 55.6 Å². The number of benzene rings is 1. The van der Waals surface area contributed by atoms with Crippen LogP contribution in [-0.4, -0.2) is 12.6 Å². The largest absolute Gasteiger partial charge is 0.313 e. The fourth-order valence-corrected chi connectivity index (χ4v) is 3.71. The SMILES string of the molecule is CCCNC(Cc1ccc(Cl)c(Cl)c1)Cc1ccc(Cl)s1. The van der Waals surface area contributed by atoms with E-state index in [0.717, 1.165) is 30.1 Å². The lowest BCUT2D eigenvalue weighted by atomic mass is 10.0. The van der Waals surface area contributed by atoms with Crippen LogP contribution in [0.3, 0.4) is 0 Å².